The van der Waals surface area contributed by atoms with Gasteiger partial charge in [0.05, 0.1) is 12.8 Å². The highest BCUT2D eigenvalue weighted by molar-refractivity contribution is 5.90. The van der Waals surface area contributed by atoms with E-state index in [0.717, 1.165) is 24.6 Å². The van der Waals surface area contributed by atoms with Gasteiger partial charge in [0, 0.05) is 33.6 Å². The number of guanidine groups is 1. The summed E-state index contributed by atoms with van der Waals surface area (Å²) in [5, 5.41) is 6.27. The molecule has 0 atom stereocenters. The van der Waals surface area contributed by atoms with E-state index < -0.39 is 0 Å². The van der Waals surface area contributed by atoms with Crippen molar-refractivity contribution < 1.29 is 9.53 Å². The minimum atomic E-state index is -0.109. The molecule has 2 aliphatic rings. The Labute approximate surface area is 149 Å². The van der Waals surface area contributed by atoms with Gasteiger partial charge in [0.2, 0.25) is 5.91 Å². The Balaban J connectivity index is 1.62. The lowest BCUT2D eigenvalue weighted by molar-refractivity contribution is -0.114. The van der Waals surface area contributed by atoms with Gasteiger partial charge in [-0.05, 0) is 42.4 Å². The highest BCUT2D eigenvalue weighted by Gasteiger charge is 2.43. The molecule has 6 heteroatoms. The van der Waals surface area contributed by atoms with Crippen molar-refractivity contribution in [3.05, 3.63) is 23.8 Å². The molecule has 1 aliphatic carbocycles. The number of anilines is 1. The molecule has 1 aliphatic heterocycles. The Morgan fingerprint density at radius 3 is 2.72 bits per heavy atom. The third kappa shape index (κ3) is 3.89. The number of aliphatic imine (C=N–C) groups is 1. The molecule has 0 radical (unpaired) electrons. The summed E-state index contributed by atoms with van der Waals surface area (Å²) in [6.07, 6.45) is 5.37. The number of benzene rings is 1. The predicted molar refractivity (Wildman–Crippen MR) is 100.0 cm³/mol. The molecule has 2 fully saturated rings. The molecular weight excluding hydrogens is 316 g/mol. The van der Waals surface area contributed by atoms with Gasteiger partial charge in [-0.2, -0.15) is 0 Å². The molecule has 1 amide bonds. The minimum Gasteiger partial charge on any atom is -0.495 e. The quantitative estimate of drug-likeness (QED) is 0.651. The fourth-order valence-electron chi connectivity index (χ4n) is 3.87. The van der Waals surface area contributed by atoms with Crippen molar-refractivity contribution in [2.75, 3.05) is 32.6 Å². The Kier molecular flexibility index (Phi) is 5.16. The van der Waals surface area contributed by atoms with Crippen molar-refractivity contribution in [2.24, 2.45) is 10.4 Å². The molecule has 2 N–H and O–H groups in total. The van der Waals surface area contributed by atoms with Crippen LogP contribution >= 0.6 is 0 Å². The maximum atomic E-state index is 11.4. The lowest BCUT2D eigenvalue weighted by atomic mass is 9.68. The first-order valence-electron chi connectivity index (χ1n) is 8.95. The molecule has 1 saturated carbocycles. The van der Waals surface area contributed by atoms with Gasteiger partial charge in [0.15, 0.2) is 5.96 Å². The molecule has 1 spiro atoms. The number of hydrogen-bond donors (Lipinski definition) is 2. The van der Waals surface area contributed by atoms with Gasteiger partial charge in [0.25, 0.3) is 0 Å². The first kappa shape index (κ1) is 17.6. The fourth-order valence-corrected chi connectivity index (χ4v) is 3.87. The summed E-state index contributed by atoms with van der Waals surface area (Å²) >= 11 is 0. The van der Waals surface area contributed by atoms with Gasteiger partial charge in [-0.3, -0.25) is 9.79 Å². The second-order valence-electron chi connectivity index (χ2n) is 7.14. The number of carbonyl (C=O) groups is 1. The van der Waals surface area contributed by atoms with Crippen LogP contribution in [0.25, 0.3) is 0 Å². The van der Waals surface area contributed by atoms with Crippen molar-refractivity contribution in [1.82, 2.24) is 10.2 Å². The third-order valence-corrected chi connectivity index (χ3v) is 5.39. The summed E-state index contributed by atoms with van der Waals surface area (Å²) in [6, 6.07) is 5.82. The zero-order chi connectivity index (χ0) is 17.9. The van der Waals surface area contributed by atoms with E-state index >= 15 is 0 Å². The van der Waals surface area contributed by atoms with E-state index in [1.807, 2.05) is 25.2 Å². The van der Waals surface area contributed by atoms with Crippen molar-refractivity contribution in [3.8, 4) is 5.75 Å². The van der Waals surface area contributed by atoms with Crippen LogP contribution in [-0.2, 0) is 11.3 Å². The number of methoxy groups -OCH3 is 1. The van der Waals surface area contributed by atoms with Gasteiger partial charge in [0.1, 0.15) is 5.75 Å². The Hall–Kier alpha value is -2.24. The average Bonchev–Trinajstić information content (AvgIpc) is 3.01. The first-order valence-corrected chi connectivity index (χ1v) is 8.95. The standard InChI is InChI=1S/C19H28N4O2/c1-14(24)22-16-11-15(5-6-17(16)25-3)12-21-18(20-2)23-10-9-19(13-23)7-4-8-19/h5-6,11H,4,7-10,12-13H2,1-3H3,(H,20,21)(H,22,24). The molecule has 1 aromatic rings. The molecule has 1 heterocycles. The van der Waals surface area contributed by atoms with Crippen molar-refractivity contribution in [2.45, 2.75) is 39.2 Å². The van der Waals surface area contributed by atoms with E-state index in [9.17, 15) is 4.79 Å². The van der Waals surface area contributed by atoms with Gasteiger partial charge < -0.3 is 20.3 Å². The fraction of sp³-hybridized carbons (Fsp3) is 0.579. The number of hydrogen-bond acceptors (Lipinski definition) is 3. The highest BCUT2D eigenvalue weighted by Crippen LogP contribution is 2.47. The summed E-state index contributed by atoms with van der Waals surface area (Å²) in [4.78, 5) is 18.2. The maximum absolute atomic E-state index is 11.4. The van der Waals surface area contributed by atoms with Crippen molar-refractivity contribution in [3.63, 3.8) is 0 Å². The van der Waals surface area contributed by atoms with Crippen molar-refractivity contribution >= 4 is 17.6 Å². The molecule has 0 bridgehead atoms. The normalized spacial score (nSPS) is 18.8. The van der Waals surface area contributed by atoms with E-state index in [0.29, 0.717) is 23.4 Å². The van der Waals surface area contributed by atoms with Crippen LogP contribution in [0.1, 0.15) is 38.2 Å². The highest BCUT2D eigenvalue weighted by atomic mass is 16.5. The third-order valence-electron chi connectivity index (χ3n) is 5.39. The van der Waals surface area contributed by atoms with Crippen LogP contribution in [0.4, 0.5) is 5.69 Å². The summed E-state index contributed by atoms with van der Waals surface area (Å²) in [6.45, 7) is 4.36. The number of ether oxygens (including phenoxy) is 1. The van der Waals surface area contributed by atoms with E-state index in [2.05, 4.69) is 20.5 Å². The molecule has 6 nitrogen and oxygen atoms in total. The van der Waals surface area contributed by atoms with Crippen LogP contribution in [0.15, 0.2) is 23.2 Å². The SMILES string of the molecule is CN=C(NCc1ccc(OC)c(NC(C)=O)c1)N1CCC2(CCC2)C1. The molecule has 136 valence electrons. The summed E-state index contributed by atoms with van der Waals surface area (Å²) in [5.74, 6) is 1.51. The van der Waals surface area contributed by atoms with E-state index in [4.69, 9.17) is 4.74 Å². The first-order chi connectivity index (χ1) is 12.0. The summed E-state index contributed by atoms with van der Waals surface area (Å²) < 4.78 is 5.30. The second-order valence-corrected chi connectivity index (χ2v) is 7.14. The molecule has 25 heavy (non-hydrogen) atoms. The van der Waals surface area contributed by atoms with Crippen LogP contribution in [-0.4, -0.2) is 44.0 Å². The monoisotopic (exact) mass is 344 g/mol. The molecule has 0 unspecified atom stereocenters. The molecular formula is C19H28N4O2. The number of rotatable bonds is 4. The Morgan fingerprint density at radius 1 is 1.36 bits per heavy atom. The lowest BCUT2D eigenvalue weighted by Gasteiger charge is -2.38. The molecule has 3 rings (SSSR count). The molecule has 1 saturated heterocycles. The number of carbonyl (C=O) groups excluding carboxylic acids is 1. The molecule has 1 aromatic carbocycles. The predicted octanol–water partition coefficient (Wildman–Crippen LogP) is 2.61. The lowest BCUT2D eigenvalue weighted by Crippen LogP contribution is -2.42. The van der Waals surface area contributed by atoms with Gasteiger partial charge in [-0.1, -0.05) is 12.5 Å². The smallest absolute Gasteiger partial charge is 0.221 e. The zero-order valence-electron chi connectivity index (χ0n) is 15.4. The average molecular weight is 344 g/mol. The minimum absolute atomic E-state index is 0.109. The summed E-state index contributed by atoms with van der Waals surface area (Å²) in [7, 11) is 3.44. The van der Waals surface area contributed by atoms with Gasteiger partial charge >= 0.3 is 0 Å². The molecule has 0 aromatic heterocycles. The van der Waals surface area contributed by atoms with Crippen LogP contribution in [0, 0.1) is 5.41 Å². The summed E-state index contributed by atoms with van der Waals surface area (Å²) in [5.41, 5.74) is 2.32. The maximum Gasteiger partial charge on any atom is 0.221 e. The van der Waals surface area contributed by atoms with Crippen LogP contribution in [0.3, 0.4) is 0 Å². The van der Waals surface area contributed by atoms with Crippen molar-refractivity contribution in [1.29, 1.82) is 0 Å². The van der Waals surface area contributed by atoms with Gasteiger partial charge in [-0.25, -0.2) is 0 Å². The number of likely N-dealkylation sites (tertiary alicyclic amines) is 1. The Morgan fingerprint density at radius 2 is 2.16 bits per heavy atom. The van der Waals surface area contributed by atoms with E-state index in [1.54, 1.807) is 7.11 Å². The Bertz CT molecular complexity index is 667. The second kappa shape index (κ2) is 7.33. The van der Waals surface area contributed by atoms with Crippen LogP contribution < -0.4 is 15.4 Å². The van der Waals surface area contributed by atoms with Crippen LogP contribution in [0.5, 0.6) is 5.75 Å². The van der Waals surface area contributed by atoms with Gasteiger partial charge in [-0.15, -0.1) is 0 Å². The van der Waals surface area contributed by atoms with E-state index in [1.165, 1.54) is 32.6 Å². The number of nitrogens with zero attached hydrogens (tertiary/aromatic N) is 2. The zero-order valence-corrected chi connectivity index (χ0v) is 15.4. The number of nitrogens with one attached hydrogen (secondary N) is 2. The van der Waals surface area contributed by atoms with Crippen LogP contribution in [0.2, 0.25) is 0 Å². The number of amides is 1. The largest absolute Gasteiger partial charge is 0.495 e. The topological polar surface area (TPSA) is 66.0 Å². The van der Waals surface area contributed by atoms with E-state index in [-0.39, 0.29) is 5.91 Å².